The van der Waals surface area contributed by atoms with Crippen LogP contribution in [0.15, 0.2) is 30.3 Å². The van der Waals surface area contributed by atoms with E-state index in [-0.39, 0.29) is 24.0 Å². The lowest BCUT2D eigenvalue weighted by molar-refractivity contribution is -0.117. The van der Waals surface area contributed by atoms with Gasteiger partial charge in [0.2, 0.25) is 5.91 Å². The van der Waals surface area contributed by atoms with Crippen molar-refractivity contribution in [2.45, 2.75) is 33.2 Å². The molecule has 1 atom stereocenters. The second kappa shape index (κ2) is 7.84. The first kappa shape index (κ1) is 17.2. The summed E-state index contributed by atoms with van der Waals surface area (Å²) in [6.45, 7) is 6.16. The van der Waals surface area contributed by atoms with E-state index in [2.05, 4.69) is 26.1 Å². The zero-order chi connectivity index (χ0) is 15.9. The number of rotatable bonds is 6. The number of hydrogen-bond acceptors (Lipinski definition) is 3. The number of nitrogens with one attached hydrogen (secondary N) is 1. The van der Waals surface area contributed by atoms with E-state index in [1.165, 1.54) is 6.08 Å². The van der Waals surface area contributed by atoms with Crippen molar-refractivity contribution < 1.29 is 14.6 Å². The number of carbonyl (C=O) groups is 1. The lowest BCUT2D eigenvalue weighted by Gasteiger charge is -2.24. The van der Waals surface area contributed by atoms with Crippen LogP contribution in [0.5, 0.6) is 5.75 Å². The first-order valence-electron chi connectivity index (χ1n) is 7.08. The van der Waals surface area contributed by atoms with Gasteiger partial charge in [0.25, 0.3) is 0 Å². The molecule has 2 N–H and O–H groups in total. The average Bonchev–Trinajstić information content (AvgIpc) is 2.43. The van der Waals surface area contributed by atoms with E-state index in [1.54, 1.807) is 13.2 Å². The van der Waals surface area contributed by atoms with Crippen LogP contribution in [0.25, 0.3) is 6.08 Å². The fourth-order valence-electron chi connectivity index (χ4n) is 2.12. The van der Waals surface area contributed by atoms with Gasteiger partial charge in [-0.05, 0) is 24.0 Å². The van der Waals surface area contributed by atoms with E-state index >= 15 is 0 Å². The van der Waals surface area contributed by atoms with Crippen LogP contribution in [0.3, 0.4) is 0 Å². The van der Waals surface area contributed by atoms with Gasteiger partial charge in [0.05, 0.1) is 19.8 Å². The smallest absolute Gasteiger partial charge is 0.244 e. The number of hydrogen-bond donors (Lipinski definition) is 2. The molecule has 0 heterocycles. The van der Waals surface area contributed by atoms with E-state index in [4.69, 9.17) is 4.74 Å². The minimum absolute atomic E-state index is 0.0487. The molecular weight excluding hydrogens is 266 g/mol. The molecule has 0 radical (unpaired) electrons. The molecule has 0 aliphatic heterocycles. The summed E-state index contributed by atoms with van der Waals surface area (Å²) in [5.41, 5.74) is 0.888. The number of carbonyl (C=O) groups excluding carboxylic acids is 1. The molecule has 1 amide bonds. The van der Waals surface area contributed by atoms with Gasteiger partial charge in [-0.15, -0.1) is 0 Å². The Morgan fingerprint density at radius 2 is 2.05 bits per heavy atom. The number of aliphatic hydroxyl groups is 1. The highest BCUT2D eigenvalue weighted by molar-refractivity contribution is 5.92. The molecule has 0 saturated heterocycles. The number of para-hydroxylation sites is 1. The van der Waals surface area contributed by atoms with Gasteiger partial charge in [-0.1, -0.05) is 39.0 Å². The third kappa shape index (κ3) is 6.45. The summed E-state index contributed by atoms with van der Waals surface area (Å²) in [4.78, 5) is 11.9. The van der Waals surface area contributed by atoms with Crippen molar-refractivity contribution in [3.8, 4) is 5.75 Å². The van der Waals surface area contributed by atoms with Crippen LogP contribution < -0.4 is 10.1 Å². The van der Waals surface area contributed by atoms with Crippen molar-refractivity contribution in [2.24, 2.45) is 5.41 Å². The molecule has 1 aromatic carbocycles. The zero-order valence-electron chi connectivity index (χ0n) is 13.2. The molecule has 4 heteroatoms. The van der Waals surface area contributed by atoms with E-state index < -0.39 is 0 Å². The Balaban J connectivity index is 2.65. The Morgan fingerprint density at radius 1 is 1.38 bits per heavy atom. The molecule has 116 valence electrons. The predicted molar refractivity (Wildman–Crippen MR) is 85.1 cm³/mol. The minimum atomic E-state index is -0.236. The number of benzene rings is 1. The molecule has 4 nitrogen and oxygen atoms in total. The zero-order valence-corrected chi connectivity index (χ0v) is 13.2. The van der Waals surface area contributed by atoms with Gasteiger partial charge in [0, 0.05) is 11.6 Å². The van der Waals surface area contributed by atoms with Crippen LogP contribution in [0, 0.1) is 5.41 Å². The van der Waals surface area contributed by atoms with Crippen molar-refractivity contribution in [3.63, 3.8) is 0 Å². The lowest BCUT2D eigenvalue weighted by Crippen LogP contribution is -2.39. The van der Waals surface area contributed by atoms with Crippen LogP contribution >= 0.6 is 0 Å². The third-order valence-electron chi connectivity index (χ3n) is 2.98. The van der Waals surface area contributed by atoms with E-state index in [9.17, 15) is 9.90 Å². The Hall–Kier alpha value is -1.81. The van der Waals surface area contributed by atoms with E-state index in [0.29, 0.717) is 0 Å². The van der Waals surface area contributed by atoms with Crippen molar-refractivity contribution in [1.82, 2.24) is 5.32 Å². The number of amides is 1. The van der Waals surface area contributed by atoms with Crippen LogP contribution in [0.2, 0.25) is 0 Å². The Kier molecular flexibility index (Phi) is 6.43. The summed E-state index contributed by atoms with van der Waals surface area (Å²) >= 11 is 0. The molecule has 0 spiro atoms. The summed E-state index contributed by atoms with van der Waals surface area (Å²) in [6.07, 6.45) is 3.89. The highest BCUT2D eigenvalue weighted by atomic mass is 16.5. The van der Waals surface area contributed by atoms with E-state index in [1.807, 2.05) is 24.3 Å². The molecule has 0 aliphatic rings. The minimum Gasteiger partial charge on any atom is -0.496 e. The van der Waals surface area contributed by atoms with Gasteiger partial charge >= 0.3 is 0 Å². The van der Waals surface area contributed by atoms with Crippen LogP contribution in [0.1, 0.15) is 32.8 Å². The highest BCUT2D eigenvalue weighted by Gasteiger charge is 2.18. The van der Waals surface area contributed by atoms with Gasteiger partial charge in [-0.3, -0.25) is 4.79 Å². The topological polar surface area (TPSA) is 58.6 Å². The molecular formula is C17H25NO3. The number of aliphatic hydroxyl groups excluding tert-OH is 1. The molecule has 1 unspecified atom stereocenters. The number of ether oxygens (including phenoxy) is 1. The van der Waals surface area contributed by atoms with E-state index in [0.717, 1.165) is 17.7 Å². The summed E-state index contributed by atoms with van der Waals surface area (Å²) in [5.74, 6) is 0.499. The summed E-state index contributed by atoms with van der Waals surface area (Å²) < 4.78 is 5.22. The van der Waals surface area contributed by atoms with Crippen molar-refractivity contribution >= 4 is 12.0 Å². The Labute approximate surface area is 126 Å². The van der Waals surface area contributed by atoms with Gasteiger partial charge in [0.1, 0.15) is 5.75 Å². The maximum Gasteiger partial charge on any atom is 0.244 e. The fourth-order valence-corrected chi connectivity index (χ4v) is 2.12. The monoisotopic (exact) mass is 291 g/mol. The predicted octanol–water partition coefficient (Wildman–Crippen LogP) is 2.62. The number of methoxy groups -OCH3 is 1. The maximum absolute atomic E-state index is 11.9. The summed E-state index contributed by atoms with van der Waals surface area (Å²) in [6, 6.07) is 7.24. The lowest BCUT2D eigenvalue weighted by atomic mass is 9.88. The Morgan fingerprint density at radius 3 is 2.62 bits per heavy atom. The normalized spacial score (nSPS) is 13.2. The molecule has 0 aromatic heterocycles. The average molecular weight is 291 g/mol. The van der Waals surface area contributed by atoms with Gasteiger partial charge < -0.3 is 15.2 Å². The molecule has 0 fully saturated rings. The molecule has 1 rings (SSSR count). The van der Waals surface area contributed by atoms with Crippen molar-refractivity contribution in [1.29, 1.82) is 0 Å². The van der Waals surface area contributed by atoms with Gasteiger partial charge in [0.15, 0.2) is 0 Å². The van der Waals surface area contributed by atoms with Crippen LogP contribution in [-0.4, -0.2) is 30.8 Å². The standard InChI is InChI=1S/C17H25NO3/c1-17(2,3)11-14(12-19)18-16(20)10-9-13-7-5-6-8-15(13)21-4/h5-10,14,19H,11-12H2,1-4H3,(H,18,20)/b10-9+. The van der Waals surface area contributed by atoms with Crippen molar-refractivity contribution in [2.75, 3.05) is 13.7 Å². The molecule has 21 heavy (non-hydrogen) atoms. The Bertz CT molecular complexity index is 489. The van der Waals surface area contributed by atoms with Crippen LogP contribution in [-0.2, 0) is 4.79 Å². The first-order chi connectivity index (χ1) is 9.85. The second-order valence-corrected chi connectivity index (χ2v) is 6.23. The highest BCUT2D eigenvalue weighted by Crippen LogP contribution is 2.21. The first-order valence-corrected chi connectivity index (χ1v) is 7.08. The van der Waals surface area contributed by atoms with Gasteiger partial charge in [-0.2, -0.15) is 0 Å². The van der Waals surface area contributed by atoms with Crippen molar-refractivity contribution in [3.05, 3.63) is 35.9 Å². The molecule has 0 saturated carbocycles. The summed E-state index contributed by atoms with van der Waals surface area (Å²) in [7, 11) is 1.60. The molecule has 1 aromatic rings. The van der Waals surface area contributed by atoms with Crippen LogP contribution in [0.4, 0.5) is 0 Å². The molecule has 0 aliphatic carbocycles. The summed E-state index contributed by atoms with van der Waals surface area (Å²) in [5, 5.41) is 12.2. The van der Waals surface area contributed by atoms with Gasteiger partial charge in [-0.25, -0.2) is 0 Å². The SMILES string of the molecule is COc1ccccc1/C=C/C(=O)NC(CO)CC(C)(C)C. The third-order valence-corrected chi connectivity index (χ3v) is 2.98. The largest absolute Gasteiger partial charge is 0.496 e. The second-order valence-electron chi connectivity index (χ2n) is 6.23. The maximum atomic E-state index is 11.9. The quantitative estimate of drug-likeness (QED) is 0.792. The fraction of sp³-hybridized carbons (Fsp3) is 0.471. The molecule has 0 bridgehead atoms.